The average Bonchev–Trinajstić information content (AvgIpc) is 2.48. The summed E-state index contributed by atoms with van der Waals surface area (Å²) in [5, 5.41) is 2.60. The average molecular weight is 410 g/mol. The van der Waals surface area contributed by atoms with Crippen molar-refractivity contribution in [3.8, 4) is 5.75 Å². The number of rotatable bonds is 4. The Morgan fingerprint density at radius 1 is 1.30 bits per heavy atom. The first kappa shape index (κ1) is 17.6. The van der Waals surface area contributed by atoms with Gasteiger partial charge in [-0.2, -0.15) is 13.2 Å². The molecule has 0 saturated carbocycles. The first-order valence-corrected chi connectivity index (χ1v) is 7.34. The van der Waals surface area contributed by atoms with Crippen LogP contribution >= 0.6 is 27.5 Å². The number of nitrogens with zero attached hydrogens (tertiary/aromatic N) is 1. The molecule has 0 fully saturated rings. The number of benzene rings is 1. The van der Waals surface area contributed by atoms with Gasteiger partial charge in [0.25, 0.3) is 5.91 Å². The van der Waals surface area contributed by atoms with Crippen molar-refractivity contribution in [2.24, 2.45) is 0 Å². The molecule has 1 aromatic carbocycles. The zero-order chi connectivity index (χ0) is 17.0. The van der Waals surface area contributed by atoms with Crippen molar-refractivity contribution in [1.82, 2.24) is 4.98 Å². The molecule has 2 rings (SSSR count). The van der Waals surface area contributed by atoms with E-state index in [1.165, 1.54) is 36.5 Å². The smallest absolute Gasteiger partial charge is 0.422 e. The van der Waals surface area contributed by atoms with Gasteiger partial charge >= 0.3 is 6.18 Å². The summed E-state index contributed by atoms with van der Waals surface area (Å²) in [6, 6.07) is 6.99. The van der Waals surface area contributed by atoms with E-state index >= 15 is 0 Å². The SMILES string of the molecule is O=C(Nc1ccc(OCC(F)(F)F)cc1)c1cc(Br)cnc1Cl. The van der Waals surface area contributed by atoms with E-state index in [9.17, 15) is 18.0 Å². The number of carbonyl (C=O) groups excluding carboxylic acids is 1. The molecule has 1 amide bonds. The van der Waals surface area contributed by atoms with Crippen molar-refractivity contribution >= 4 is 39.1 Å². The standard InChI is InChI=1S/C14H9BrClF3N2O2/c15-8-5-11(12(16)20-6-8)13(22)21-9-1-3-10(4-2-9)23-7-14(17,18)19/h1-6H,7H2,(H,21,22). The van der Waals surface area contributed by atoms with Gasteiger partial charge in [-0.15, -0.1) is 0 Å². The molecule has 23 heavy (non-hydrogen) atoms. The maximum absolute atomic E-state index is 12.1. The van der Waals surface area contributed by atoms with Gasteiger partial charge < -0.3 is 10.1 Å². The van der Waals surface area contributed by atoms with Crippen molar-refractivity contribution in [3.63, 3.8) is 0 Å². The molecule has 1 aromatic heterocycles. The largest absolute Gasteiger partial charge is 0.484 e. The lowest BCUT2D eigenvalue weighted by atomic mass is 10.2. The molecule has 0 saturated heterocycles. The molecule has 0 unspecified atom stereocenters. The third-order valence-electron chi connectivity index (χ3n) is 2.57. The van der Waals surface area contributed by atoms with Crippen LogP contribution in [0.5, 0.6) is 5.75 Å². The highest BCUT2D eigenvalue weighted by molar-refractivity contribution is 9.10. The van der Waals surface area contributed by atoms with Gasteiger partial charge in [0, 0.05) is 16.4 Å². The molecule has 0 aliphatic heterocycles. The van der Waals surface area contributed by atoms with Gasteiger partial charge in [0.05, 0.1) is 5.56 Å². The topological polar surface area (TPSA) is 51.2 Å². The van der Waals surface area contributed by atoms with Crippen LogP contribution in [-0.4, -0.2) is 23.7 Å². The molecule has 122 valence electrons. The minimum atomic E-state index is -4.41. The third-order valence-corrected chi connectivity index (χ3v) is 3.30. The fraction of sp³-hybridized carbons (Fsp3) is 0.143. The molecule has 2 aromatic rings. The summed E-state index contributed by atoms with van der Waals surface area (Å²) in [7, 11) is 0. The highest BCUT2D eigenvalue weighted by Gasteiger charge is 2.28. The molecule has 1 N–H and O–H groups in total. The number of amides is 1. The molecular weight excluding hydrogens is 401 g/mol. The second-order valence-corrected chi connectivity index (χ2v) is 5.65. The van der Waals surface area contributed by atoms with E-state index in [0.717, 1.165) is 0 Å². The number of ether oxygens (including phenoxy) is 1. The maximum Gasteiger partial charge on any atom is 0.422 e. The molecule has 0 radical (unpaired) electrons. The minimum absolute atomic E-state index is 0.0378. The Bertz CT molecular complexity index is 708. The van der Waals surface area contributed by atoms with Crippen LogP contribution in [0.25, 0.3) is 0 Å². The molecule has 0 atom stereocenters. The zero-order valence-corrected chi connectivity index (χ0v) is 13.7. The quantitative estimate of drug-likeness (QED) is 0.745. The van der Waals surface area contributed by atoms with Crippen molar-refractivity contribution in [3.05, 3.63) is 51.7 Å². The van der Waals surface area contributed by atoms with Crippen LogP contribution in [0.1, 0.15) is 10.4 Å². The van der Waals surface area contributed by atoms with Crippen LogP contribution in [0, 0.1) is 0 Å². The normalized spacial score (nSPS) is 11.2. The van der Waals surface area contributed by atoms with Gasteiger partial charge in [0.1, 0.15) is 10.9 Å². The Balaban J connectivity index is 2.03. The van der Waals surface area contributed by atoms with Crippen LogP contribution in [0.3, 0.4) is 0 Å². The molecule has 0 spiro atoms. The van der Waals surface area contributed by atoms with Crippen LogP contribution in [-0.2, 0) is 0 Å². The molecule has 0 bridgehead atoms. The number of pyridine rings is 1. The summed E-state index contributed by atoms with van der Waals surface area (Å²) < 4.78 is 41.3. The monoisotopic (exact) mass is 408 g/mol. The molecule has 4 nitrogen and oxygen atoms in total. The fourth-order valence-electron chi connectivity index (χ4n) is 1.58. The van der Waals surface area contributed by atoms with Crippen LogP contribution in [0.2, 0.25) is 5.15 Å². The highest BCUT2D eigenvalue weighted by Crippen LogP contribution is 2.22. The Morgan fingerprint density at radius 3 is 2.57 bits per heavy atom. The van der Waals surface area contributed by atoms with Gasteiger partial charge in [-0.3, -0.25) is 4.79 Å². The summed E-state index contributed by atoms with van der Waals surface area (Å²) >= 11 is 9.03. The lowest BCUT2D eigenvalue weighted by Crippen LogP contribution is -2.19. The van der Waals surface area contributed by atoms with Crippen molar-refractivity contribution < 1.29 is 22.7 Å². The van der Waals surface area contributed by atoms with Crippen LogP contribution in [0.15, 0.2) is 41.0 Å². The summed E-state index contributed by atoms with van der Waals surface area (Å²) in [6.45, 7) is -1.38. The van der Waals surface area contributed by atoms with E-state index in [0.29, 0.717) is 10.2 Å². The van der Waals surface area contributed by atoms with E-state index < -0.39 is 18.7 Å². The number of hydrogen-bond donors (Lipinski definition) is 1. The second-order valence-electron chi connectivity index (χ2n) is 4.37. The van der Waals surface area contributed by atoms with Gasteiger partial charge in [-0.25, -0.2) is 4.98 Å². The number of aromatic nitrogens is 1. The number of halogens is 5. The Hall–Kier alpha value is -1.80. The lowest BCUT2D eigenvalue weighted by molar-refractivity contribution is -0.153. The minimum Gasteiger partial charge on any atom is -0.484 e. The van der Waals surface area contributed by atoms with E-state index in [4.69, 9.17) is 11.6 Å². The molecule has 0 aliphatic rings. The van der Waals surface area contributed by atoms with Crippen LogP contribution in [0.4, 0.5) is 18.9 Å². The van der Waals surface area contributed by atoms with Crippen molar-refractivity contribution in [2.75, 3.05) is 11.9 Å². The number of alkyl halides is 3. The summed E-state index contributed by atoms with van der Waals surface area (Å²) in [5.74, 6) is -0.449. The number of nitrogens with one attached hydrogen (secondary N) is 1. The fourth-order valence-corrected chi connectivity index (χ4v) is 2.10. The summed E-state index contributed by atoms with van der Waals surface area (Å²) in [6.07, 6.45) is -2.96. The number of carbonyl (C=O) groups is 1. The summed E-state index contributed by atoms with van der Waals surface area (Å²) in [5.41, 5.74) is 0.545. The summed E-state index contributed by atoms with van der Waals surface area (Å²) in [4.78, 5) is 15.9. The molecule has 9 heteroatoms. The van der Waals surface area contributed by atoms with E-state index in [2.05, 4.69) is 31.0 Å². The Morgan fingerprint density at radius 2 is 1.96 bits per heavy atom. The highest BCUT2D eigenvalue weighted by atomic mass is 79.9. The van der Waals surface area contributed by atoms with Crippen molar-refractivity contribution in [2.45, 2.75) is 6.18 Å². The number of hydrogen-bond acceptors (Lipinski definition) is 3. The van der Waals surface area contributed by atoms with Gasteiger partial charge in [-0.1, -0.05) is 11.6 Å². The Kier molecular flexibility index (Phi) is 5.48. The first-order chi connectivity index (χ1) is 10.7. The Labute approximate surface area is 142 Å². The van der Waals surface area contributed by atoms with Crippen molar-refractivity contribution in [1.29, 1.82) is 0 Å². The number of anilines is 1. The van der Waals surface area contributed by atoms with Gasteiger partial charge in [0.2, 0.25) is 0 Å². The van der Waals surface area contributed by atoms with Crippen LogP contribution < -0.4 is 10.1 Å². The zero-order valence-electron chi connectivity index (χ0n) is 11.3. The molecular formula is C14H9BrClF3N2O2. The maximum atomic E-state index is 12.1. The predicted octanol–water partition coefficient (Wildman–Crippen LogP) is 4.69. The molecule has 1 heterocycles. The van der Waals surface area contributed by atoms with E-state index in [1.54, 1.807) is 0 Å². The second kappa shape index (κ2) is 7.18. The first-order valence-electron chi connectivity index (χ1n) is 6.16. The predicted molar refractivity (Wildman–Crippen MR) is 82.9 cm³/mol. The third kappa shape index (κ3) is 5.40. The van der Waals surface area contributed by atoms with Gasteiger partial charge in [0.15, 0.2) is 6.61 Å². The van der Waals surface area contributed by atoms with E-state index in [1.807, 2.05) is 0 Å². The van der Waals surface area contributed by atoms with E-state index in [-0.39, 0.29) is 16.5 Å². The molecule has 0 aliphatic carbocycles. The van der Waals surface area contributed by atoms with Gasteiger partial charge in [-0.05, 0) is 46.3 Å². The lowest BCUT2D eigenvalue weighted by Gasteiger charge is -2.10.